The smallest absolute Gasteiger partial charge is 0.258 e. The molecule has 1 atom stereocenters. The molecule has 9 heteroatoms. The minimum Gasteiger partial charge on any atom is -0.504 e. The third kappa shape index (κ3) is 4.83. The van der Waals surface area contributed by atoms with Crippen LogP contribution in [-0.2, 0) is 0 Å². The fourth-order valence-electron chi connectivity index (χ4n) is 2.43. The van der Waals surface area contributed by atoms with E-state index in [1.807, 2.05) is 0 Å². The molecule has 2 rings (SSSR count). The lowest BCUT2D eigenvalue weighted by Crippen LogP contribution is -2.46. The molecule has 1 aromatic rings. The number of phenols is 1. The molecule has 1 heterocycles. The number of phenolic OH excluding ortho intramolecular Hbond substituents is 1. The summed E-state index contributed by atoms with van der Waals surface area (Å²) in [6, 6.07) is 1.94. The molecule has 128 valence electrons. The summed E-state index contributed by atoms with van der Waals surface area (Å²) >= 11 is 3.26. The highest BCUT2D eigenvalue weighted by molar-refractivity contribution is 9.10. The minimum absolute atomic E-state index is 0. The largest absolute Gasteiger partial charge is 0.504 e. The van der Waals surface area contributed by atoms with Gasteiger partial charge in [-0.3, -0.25) is 4.90 Å². The maximum Gasteiger partial charge on any atom is 0.258 e. The highest BCUT2D eigenvalue weighted by Crippen LogP contribution is 2.41. The van der Waals surface area contributed by atoms with E-state index in [0.717, 1.165) is 0 Å². The van der Waals surface area contributed by atoms with E-state index in [9.17, 15) is 13.9 Å². The number of ether oxygens (including phenoxy) is 1. The first-order valence-corrected chi connectivity index (χ1v) is 7.13. The van der Waals surface area contributed by atoms with Gasteiger partial charge in [-0.1, -0.05) is 15.9 Å². The van der Waals surface area contributed by atoms with Crippen molar-refractivity contribution < 1.29 is 18.6 Å². The zero-order valence-electron chi connectivity index (χ0n) is 11.9. The summed E-state index contributed by atoms with van der Waals surface area (Å²) in [7, 11) is 1.40. The van der Waals surface area contributed by atoms with E-state index in [1.165, 1.54) is 13.2 Å². The number of rotatable bonds is 4. The van der Waals surface area contributed by atoms with Gasteiger partial charge in [0.2, 0.25) is 0 Å². The molecule has 1 fully saturated rings. The number of hydrogen-bond donors (Lipinski definition) is 2. The standard InChI is InChI=1S/C13H17BrF2N2O2.2ClH/c1-20-10-7-8(14)6-9(12(10)19)11(13(15)16)18-4-2-17-3-5-18;;/h6-7,11,13,17,19H,2-5H2,1H3;2*1H/t11-;;/m0../s1. The third-order valence-corrected chi connectivity index (χ3v) is 3.85. The minimum atomic E-state index is -2.59. The molecule has 0 spiro atoms. The molecule has 0 aromatic heterocycles. The van der Waals surface area contributed by atoms with Crippen molar-refractivity contribution in [3.05, 3.63) is 22.2 Å². The molecule has 22 heavy (non-hydrogen) atoms. The first kappa shape index (κ1) is 21.7. The normalized spacial score (nSPS) is 16.6. The van der Waals surface area contributed by atoms with E-state index in [4.69, 9.17) is 4.74 Å². The number of methoxy groups -OCH3 is 1. The fourth-order valence-corrected chi connectivity index (χ4v) is 2.88. The van der Waals surface area contributed by atoms with Crippen molar-refractivity contribution in [1.82, 2.24) is 10.2 Å². The average molecular weight is 424 g/mol. The van der Waals surface area contributed by atoms with E-state index in [2.05, 4.69) is 21.2 Å². The van der Waals surface area contributed by atoms with Crippen LogP contribution in [-0.4, -0.2) is 49.7 Å². The topological polar surface area (TPSA) is 44.7 Å². The first-order valence-electron chi connectivity index (χ1n) is 6.34. The third-order valence-electron chi connectivity index (χ3n) is 3.39. The number of alkyl halides is 2. The van der Waals surface area contributed by atoms with Gasteiger partial charge in [0.1, 0.15) is 6.04 Å². The predicted octanol–water partition coefficient (Wildman–Crippen LogP) is 3.22. The monoisotopic (exact) mass is 422 g/mol. The van der Waals surface area contributed by atoms with Crippen LogP contribution in [0.25, 0.3) is 0 Å². The first-order chi connectivity index (χ1) is 9.54. The van der Waals surface area contributed by atoms with Crippen LogP contribution >= 0.6 is 40.7 Å². The Kier molecular flexibility index (Phi) is 9.57. The molecule has 0 bridgehead atoms. The molecule has 1 aromatic carbocycles. The van der Waals surface area contributed by atoms with Gasteiger partial charge in [0.15, 0.2) is 11.5 Å². The summed E-state index contributed by atoms with van der Waals surface area (Å²) in [6.07, 6.45) is -2.59. The summed E-state index contributed by atoms with van der Waals surface area (Å²) in [4.78, 5) is 1.68. The molecule has 4 nitrogen and oxygen atoms in total. The summed E-state index contributed by atoms with van der Waals surface area (Å²) in [5, 5.41) is 13.3. The molecular formula is C13H19BrCl2F2N2O2. The van der Waals surface area contributed by atoms with Gasteiger partial charge in [-0.15, -0.1) is 24.8 Å². The second kappa shape index (κ2) is 9.72. The van der Waals surface area contributed by atoms with Crippen molar-refractivity contribution >= 4 is 40.7 Å². The SMILES string of the molecule is COc1cc(Br)cc([C@@H](C(F)F)N2CCNCC2)c1O.Cl.Cl. The van der Waals surface area contributed by atoms with E-state index in [0.29, 0.717) is 30.7 Å². The van der Waals surface area contributed by atoms with Crippen LogP contribution in [0.3, 0.4) is 0 Å². The van der Waals surface area contributed by atoms with Gasteiger partial charge in [-0.2, -0.15) is 0 Å². The number of halogens is 5. The van der Waals surface area contributed by atoms with Gasteiger partial charge in [0.25, 0.3) is 6.43 Å². The summed E-state index contributed by atoms with van der Waals surface area (Å²) in [6.45, 7) is 2.36. The van der Waals surface area contributed by atoms with E-state index < -0.39 is 12.5 Å². The van der Waals surface area contributed by atoms with Crippen LogP contribution in [0.15, 0.2) is 16.6 Å². The fraction of sp³-hybridized carbons (Fsp3) is 0.538. The van der Waals surface area contributed by atoms with Crippen LogP contribution in [0.1, 0.15) is 11.6 Å². The zero-order chi connectivity index (χ0) is 14.7. The van der Waals surface area contributed by atoms with Crippen LogP contribution in [0, 0.1) is 0 Å². The van der Waals surface area contributed by atoms with E-state index in [1.54, 1.807) is 11.0 Å². The molecule has 0 unspecified atom stereocenters. The number of hydrogen-bond acceptors (Lipinski definition) is 4. The lowest BCUT2D eigenvalue weighted by Gasteiger charge is -2.35. The summed E-state index contributed by atoms with van der Waals surface area (Å²) < 4.78 is 32.6. The Hall–Kier alpha value is -0.340. The van der Waals surface area contributed by atoms with Crippen LogP contribution < -0.4 is 10.1 Å². The molecule has 2 N–H and O–H groups in total. The molecular weight excluding hydrogens is 405 g/mol. The Morgan fingerprint density at radius 3 is 2.36 bits per heavy atom. The average Bonchev–Trinajstić information content (AvgIpc) is 2.43. The van der Waals surface area contributed by atoms with Gasteiger partial charge in [-0.05, 0) is 12.1 Å². The maximum absolute atomic E-state index is 13.5. The van der Waals surface area contributed by atoms with Gasteiger partial charge >= 0.3 is 0 Å². The van der Waals surface area contributed by atoms with Crippen LogP contribution in [0.2, 0.25) is 0 Å². The van der Waals surface area contributed by atoms with Crippen molar-refractivity contribution in [3.63, 3.8) is 0 Å². The molecule has 1 aliphatic heterocycles. The lowest BCUT2D eigenvalue weighted by atomic mass is 10.0. The van der Waals surface area contributed by atoms with Crippen LogP contribution in [0.5, 0.6) is 11.5 Å². The van der Waals surface area contributed by atoms with Gasteiger partial charge in [0.05, 0.1) is 7.11 Å². The molecule has 0 radical (unpaired) electrons. The van der Waals surface area contributed by atoms with Crippen molar-refractivity contribution in [1.29, 1.82) is 0 Å². The van der Waals surface area contributed by atoms with Crippen molar-refractivity contribution in [2.45, 2.75) is 12.5 Å². The lowest BCUT2D eigenvalue weighted by molar-refractivity contribution is 0.0168. The second-order valence-electron chi connectivity index (χ2n) is 4.61. The summed E-state index contributed by atoms with van der Waals surface area (Å²) in [5.41, 5.74) is 0.188. The van der Waals surface area contributed by atoms with Gasteiger partial charge in [-0.25, -0.2) is 8.78 Å². The number of piperazine rings is 1. The molecule has 1 aliphatic rings. The number of nitrogens with one attached hydrogen (secondary N) is 1. The van der Waals surface area contributed by atoms with Gasteiger partial charge in [0, 0.05) is 36.2 Å². The molecule has 0 saturated carbocycles. The van der Waals surface area contributed by atoms with Gasteiger partial charge < -0.3 is 15.2 Å². The van der Waals surface area contributed by atoms with Crippen molar-refractivity contribution in [2.24, 2.45) is 0 Å². The number of benzene rings is 1. The zero-order valence-corrected chi connectivity index (χ0v) is 15.1. The predicted molar refractivity (Wildman–Crippen MR) is 90.0 cm³/mol. The molecule has 0 aliphatic carbocycles. The Morgan fingerprint density at radius 2 is 1.86 bits per heavy atom. The Morgan fingerprint density at radius 1 is 1.27 bits per heavy atom. The Balaban J connectivity index is 0.00000220. The highest BCUT2D eigenvalue weighted by atomic mass is 79.9. The maximum atomic E-state index is 13.5. The number of aromatic hydroxyl groups is 1. The Bertz CT molecular complexity index is 478. The highest BCUT2D eigenvalue weighted by Gasteiger charge is 2.33. The Labute approximate surface area is 149 Å². The second-order valence-corrected chi connectivity index (χ2v) is 5.53. The van der Waals surface area contributed by atoms with E-state index in [-0.39, 0.29) is 41.9 Å². The molecule has 0 amide bonds. The van der Waals surface area contributed by atoms with Crippen molar-refractivity contribution in [3.8, 4) is 11.5 Å². The van der Waals surface area contributed by atoms with Crippen LogP contribution in [0.4, 0.5) is 8.78 Å². The number of nitrogens with zero attached hydrogens (tertiary/aromatic N) is 1. The molecule has 1 saturated heterocycles. The van der Waals surface area contributed by atoms with E-state index >= 15 is 0 Å². The summed E-state index contributed by atoms with van der Waals surface area (Å²) in [5.74, 6) is -0.0327. The van der Waals surface area contributed by atoms with Crippen molar-refractivity contribution in [2.75, 3.05) is 33.3 Å². The quantitative estimate of drug-likeness (QED) is 0.780.